The fraction of sp³-hybridized carbons (Fsp3) is 0.300. The van der Waals surface area contributed by atoms with Gasteiger partial charge in [0.25, 0.3) is 5.91 Å². The topological polar surface area (TPSA) is 54.9 Å². The molecule has 4 nitrogen and oxygen atoms in total. The van der Waals surface area contributed by atoms with E-state index in [-0.39, 0.29) is 5.91 Å². The molecule has 1 aromatic rings. The fourth-order valence-corrected chi connectivity index (χ4v) is 0.870. The smallest absolute Gasteiger partial charge is 0.271 e. The van der Waals surface area contributed by atoms with Gasteiger partial charge in [-0.25, -0.2) is 4.98 Å². The predicted molar refractivity (Wildman–Crippen MR) is 53.9 cm³/mol. The van der Waals surface area contributed by atoms with E-state index in [9.17, 15) is 4.79 Å². The molecule has 0 aliphatic carbocycles. The maximum absolute atomic E-state index is 11.4. The second-order valence-corrected chi connectivity index (χ2v) is 2.82. The molecule has 1 amide bonds. The molecule has 0 spiro atoms. The van der Waals surface area contributed by atoms with Crippen LogP contribution in [0.4, 0.5) is 0 Å². The van der Waals surface area contributed by atoms with Crippen molar-refractivity contribution in [2.24, 2.45) is 0 Å². The van der Waals surface area contributed by atoms with Gasteiger partial charge in [-0.3, -0.25) is 9.78 Å². The van der Waals surface area contributed by atoms with E-state index in [0.717, 1.165) is 5.69 Å². The van der Waals surface area contributed by atoms with E-state index in [2.05, 4.69) is 15.3 Å². The molecule has 0 aromatic carbocycles. The van der Waals surface area contributed by atoms with Gasteiger partial charge in [-0.2, -0.15) is 0 Å². The number of hydrogen-bond donors (Lipinski definition) is 1. The van der Waals surface area contributed by atoms with Crippen LogP contribution in [0.5, 0.6) is 0 Å². The highest BCUT2D eigenvalue weighted by molar-refractivity contribution is 5.91. The zero-order chi connectivity index (χ0) is 10.4. The van der Waals surface area contributed by atoms with Crippen LogP contribution in [-0.4, -0.2) is 22.4 Å². The Kier molecular flexibility index (Phi) is 3.79. The van der Waals surface area contributed by atoms with Crippen LogP contribution in [0.2, 0.25) is 0 Å². The van der Waals surface area contributed by atoms with Crippen molar-refractivity contribution in [3.63, 3.8) is 0 Å². The number of aromatic nitrogens is 2. The molecule has 74 valence electrons. The summed E-state index contributed by atoms with van der Waals surface area (Å²) in [5, 5.41) is 2.69. The number of aryl methyl sites for hydroxylation is 1. The van der Waals surface area contributed by atoms with Gasteiger partial charge in [0, 0.05) is 12.7 Å². The Hall–Kier alpha value is -1.71. The number of carbonyl (C=O) groups excluding carboxylic acids is 1. The third-order valence-corrected chi connectivity index (χ3v) is 1.63. The molecular weight excluding hydrogens is 178 g/mol. The van der Waals surface area contributed by atoms with Crippen molar-refractivity contribution in [2.75, 3.05) is 6.54 Å². The summed E-state index contributed by atoms with van der Waals surface area (Å²) in [5.74, 6) is -0.199. The first-order valence-electron chi connectivity index (χ1n) is 4.42. The first-order chi connectivity index (χ1) is 6.74. The maximum atomic E-state index is 11.4. The van der Waals surface area contributed by atoms with Crippen molar-refractivity contribution in [3.8, 4) is 0 Å². The van der Waals surface area contributed by atoms with Crippen molar-refractivity contribution >= 4 is 5.91 Å². The second kappa shape index (κ2) is 5.11. The van der Waals surface area contributed by atoms with E-state index in [1.807, 2.05) is 26.0 Å². The van der Waals surface area contributed by atoms with E-state index in [1.54, 1.807) is 6.20 Å². The Balaban J connectivity index is 2.56. The number of amides is 1. The van der Waals surface area contributed by atoms with E-state index in [0.29, 0.717) is 12.2 Å². The Labute approximate surface area is 83.1 Å². The van der Waals surface area contributed by atoms with Gasteiger partial charge in [0.05, 0.1) is 11.9 Å². The monoisotopic (exact) mass is 191 g/mol. The lowest BCUT2D eigenvalue weighted by Gasteiger charge is -2.00. The number of allylic oxidation sites excluding steroid dienone is 1. The minimum atomic E-state index is -0.199. The summed E-state index contributed by atoms with van der Waals surface area (Å²) >= 11 is 0. The molecule has 1 heterocycles. The third-order valence-electron chi connectivity index (χ3n) is 1.63. The van der Waals surface area contributed by atoms with E-state index < -0.39 is 0 Å². The van der Waals surface area contributed by atoms with E-state index in [1.165, 1.54) is 6.20 Å². The van der Waals surface area contributed by atoms with Gasteiger partial charge >= 0.3 is 0 Å². The summed E-state index contributed by atoms with van der Waals surface area (Å²) in [7, 11) is 0. The van der Waals surface area contributed by atoms with Crippen molar-refractivity contribution in [3.05, 3.63) is 35.9 Å². The zero-order valence-electron chi connectivity index (χ0n) is 8.32. The van der Waals surface area contributed by atoms with Crippen molar-refractivity contribution in [1.29, 1.82) is 0 Å². The highest BCUT2D eigenvalue weighted by Gasteiger charge is 2.04. The Morgan fingerprint density at radius 1 is 1.50 bits per heavy atom. The number of nitrogens with zero attached hydrogens (tertiary/aromatic N) is 2. The molecule has 0 unspecified atom stereocenters. The summed E-state index contributed by atoms with van der Waals surface area (Å²) < 4.78 is 0. The van der Waals surface area contributed by atoms with Crippen LogP contribution in [0.15, 0.2) is 24.5 Å². The van der Waals surface area contributed by atoms with E-state index >= 15 is 0 Å². The van der Waals surface area contributed by atoms with Crippen LogP contribution < -0.4 is 5.32 Å². The molecule has 0 fully saturated rings. The van der Waals surface area contributed by atoms with Crippen LogP contribution in [0.3, 0.4) is 0 Å². The van der Waals surface area contributed by atoms with Gasteiger partial charge in [-0.05, 0) is 13.8 Å². The summed E-state index contributed by atoms with van der Waals surface area (Å²) in [6, 6.07) is 0. The van der Waals surface area contributed by atoms with Crippen molar-refractivity contribution in [1.82, 2.24) is 15.3 Å². The molecule has 4 heteroatoms. The summed E-state index contributed by atoms with van der Waals surface area (Å²) in [4.78, 5) is 19.3. The van der Waals surface area contributed by atoms with Crippen LogP contribution in [-0.2, 0) is 0 Å². The highest BCUT2D eigenvalue weighted by Crippen LogP contribution is 1.93. The van der Waals surface area contributed by atoms with Crippen LogP contribution in [0.25, 0.3) is 0 Å². The number of rotatable bonds is 3. The molecule has 0 bridgehead atoms. The summed E-state index contributed by atoms with van der Waals surface area (Å²) in [6.07, 6.45) is 6.78. The summed E-state index contributed by atoms with van der Waals surface area (Å²) in [6.45, 7) is 4.25. The molecule has 0 saturated carbocycles. The Morgan fingerprint density at radius 3 is 2.86 bits per heavy atom. The Bertz CT molecular complexity index is 330. The molecule has 0 atom stereocenters. The fourth-order valence-electron chi connectivity index (χ4n) is 0.870. The number of hydrogen-bond acceptors (Lipinski definition) is 3. The number of nitrogens with one attached hydrogen (secondary N) is 1. The zero-order valence-corrected chi connectivity index (χ0v) is 8.32. The first kappa shape index (κ1) is 10.4. The van der Waals surface area contributed by atoms with Gasteiger partial charge in [-0.15, -0.1) is 0 Å². The van der Waals surface area contributed by atoms with Gasteiger partial charge in [0.15, 0.2) is 0 Å². The average Bonchev–Trinajstić information content (AvgIpc) is 2.19. The average molecular weight is 191 g/mol. The normalized spacial score (nSPS) is 10.4. The lowest BCUT2D eigenvalue weighted by atomic mass is 10.4. The van der Waals surface area contributed by atoms with E-state index in [4.69, 9.17) is 0 Å². The van der Waals surface area contributed by atoms with Crippen molar-refractivity contribution in [2.45, 2.75) is 13.8 Å². The van der Waals surface area contributed by atoms with Gasteiger partial charge < -0.3 is 5.32 Å². The molecule has 1 aromatic heterocycles. The molecule has 0 aliphatic heterocycles. The largest absolute Gasteiger partial charge is 0.347 e. The van der Waals surface area contributed by atoms with Gasteiger partial charge in [0.2, 0.25) is 0 Å². The highest BCUT2D eigenvalue weighted by atomic mass is 16.1. The minimum absolute atomic E-state index is 0.199. The minimum Gasteiger partial charge on any atom is -0.347 e. The van der Waals surface area contributed by atoms with Gasteiger partial charge in [0.1, 0.15) is 5.69 Å². The standard InChI is InChI=1S/C10H13N3O/c1-3-4-5-11-10(14)9-7-12-8(2)6-13-9/h3-4,6-7H,5H2,1-2H3,(H,11,14)/b4-3+. The maximum Gasteiger partial charge on any atom is 0.271 e. The predicted octanol–water partition coefficient (Wildman–Crippen LogP) is 1.09. The van der Waals surface area contributed by atoms with Gasteiger partial charge in [-0.1, -0.05) is 12.2 Å². The van der Waals surface area contributed by atoms with Crippen LogP contribution in [0, 0.1) is 6.92 Å². The first-order valence-corrected chi connectivity index (χ1v) is 4.42. The second-order valence-electron chi connectivity index (χ2n) is 2.82. The molecule has 14 heavy (non-hydrogen) atoms. The third kappa shape index (κ3) is 2.97. The van der Waals surface area contributed by atoms with Crippen molar-refractivity contribution < 1.29 is 4.79 Å². The van der Waals surface area contributed by atoms with Crippen LogP contribution >= 0.6 is 0 Å². The molecule has 1 N–H and O–H groups in total. The SMILES string of the molecule is C/C=C/CNC(=O)c1cnc(C)cn1. The molecule has 0 aliphatic rings. The Morgan fingerprint density at radius 2 is 2.29 bits per heavy atom. The molecule has 0 saturated heterocycles. The summed E-state index contributed by atoms with van der Waals surface area (Å²) in [5.41, 5.74) is 1.15. The lowest BCUT2D eigenvalue weighted by molar-refractivity contribution is 0.0952. The molecular formula is C10H13N3O. The molecule has 0 radical (unpaired) electrons. The van der Waals surface area contributed by atoms with Crippen LogP contribution in [0.1, 0.15) is 23.1 Å². The quantitative estimate of drug-likeness (QED) is 0.728. The molecule has 1 rings (SSSR count). The lowest BCUT2D eigenvalue weighted by Crippen LogP contribution is -2.24. The number of carbonyl (C=O) groups is 1.